The minimum Gasteiger partial charge on any atom is -0.302 e. The van der Waals surface area contributed by atoms with Gasteiger partial charge in [-0.2, -0.15) is 0 Å². The summed E-state index contributed by atoms with van der Waals surface area (Å²) in [5.41, 5.74) is 2.85. The van der Waals surface area contributed by atoms with Crippen molar-refractivity contribution in [2.75, 3.05) is 21.1 Å². The molecular formula is C4H11N3. The standard InChI is InChI=1S/C4H11N3/c1-5-4-7(3)6-2/h4,6H,1-3H3/b5-4-. The van der Waals surface area contributed by atoms with Gasteiger partial charge in [0.05, 0.1) is 6.34 Å². The Labute approximate surface area is 44.0 Å². The molecular weight excluding hydrogens is 90.1 g/mol. The molecule has 0 aliphatic carbocycles. The van der Waals surface area contributed by atoms with Crippen LogP contribution in [0.25, 0.3) is 0 Å². The summed E-state index contributed by atoms with van der Waals surface area (Å²) in [4.78, 5) is 3.74. The number of hydrogen-bond acceptors (Lipinski definition) is 2. The van der Waals surface area contributed by atoms with Gasteiger partial charge in [0, 0.05) is 21.1 Å². The van der Waals surface area contributed by atoms with Gasteiger partial charge in [0.15, 0.2) is 0 Å². The van der Waals surface area contributed by atoms with Crippen molar-refractivity contribution in [1.82, 2.24) is 10.4 Å². The van der Waals surface area contributed by atoms with Crippen LogP contribution in [0, 0.1) is 0 Å². The first-order valence-corrected chi connectivity index (χ1v) is 2.13. The van der Waals surface area contributed by atoms with Crippen molar-refractivity contribution in [1.29, 1.82) is 0 Å². The summed E-state index contributed by atoms with van der Waals surface area (Å²) in [6.45, 7) is 0. The second kappa shape index (κ2) is 3.61. The second-order valence-electron chi connectivity index (χ2n) is 1.21. The van der Waals surface area contributed by atoms with Gasteiger partial charge < -0.3 is 5.01 Å². The smallest absolute Gasteiger partial charge is 0.0986 e. The predicted octanol–water partition coefficient (Wildman–Crippen LogP) is -0.289. The lowest BCUT2D eigenvalue weighted by Gasteiger charge is -2.07. The van der Waals surface area contributed by atoms with E-state index in [9.17, 15) is 0 Å². The molecule has 0 rings (SSSR count). The van der Waals surface area contributed by atoms with Crippen molar-refractivity contribution in [3.05, 3.63) is 0 Å². The fraction of sp³-hybridized carbons (Fsp3) is 0.750. The Morgan fingerprint density at radius 2 is 2.29 bits per heavy atom. The van der Waals surface area contributed by atoms with E-state index >= 15 is 0 Å². The highest BCUT2D eigenvalue weighted by molar-refractivity contribution is 5.53. The molecule has 0 saturated heterocycles. The van der Waals surface area contributed by atoms with Crippen LogP contribution < -0.4 is 5.43 Å². The Balaban J connectivity index is 3.16. The van der Waals surface area contributed by atoms with Crippen molar-refractivity contribution >= 4 is 6.34 Å². The maximum absolute atomic E-state index is 3.74. The highest BCUT2D eigenvalue weighted by Gasteiger charge is 1.75. The zero-order valence-corrected chi connectivity index (χ0v) is 4.97. The van der Waals surface area contributed by atoms with E-state index in [0.717, 1.165) is 0 Å². The number of nitrogens with zero attached hydrogens (tertiary/aromatic N) is 2. The summed E-state index contributed by atoms with van der Waals surface area (Å²) >= 11 is 0. The molecule has 0 bridgehead atoms. The van der Waals surface area contributed by atoms with E-state index in [-0.39, 0.29) is 0 Å². The van der Waals surface area contributed by atoms with Crippen molar-refractivity contribution < 1.29 is 0 Å². The van der Waals surface area contributed by atoms with Gasteiger partial charge in [0.1, 0.15) is 0 Å². The van der Waals surface area contributed by atoms with Gasteiger partial charge in [-0.05, 0) is 0 Å². The van der Waals surface area contributed by atoms with Gasteiger partial charge in [0.25, 0.3) is 0 Å². The number of rotatable bonds is 2. The average molecular weight is 101 g/mol. The lowest BCUT2D eigenvalue weighted by molar-refractivity contribution is 0.421. The van der Waals surface area contributed by atoms with E-state index < -0.39 is 0 Å². The molecule has 0 aliphatic rings. The monoisotopic (exact) mass is 101 g/mol. The molecule has 0 aromatic carbocycles. The maximum Gasteiger partial charge on any atom is 0.0986 e. The van der Waals surface area contributed by atoms with E-state index in [2.05, 4.69) is 10.4 Å². The van der Waals surface area contributed by atoms with Crippen LogP contribution in [-0.4, -0.2) is 32.5 Å². The quantitative estimate of drug-likeness (QED) is 0.294. The molecule has 3 heteroatoms. The molecule has 0 aliphatic heterocycles. The van der Waals surface area contributed by atoms with Crippen molar-refractivity contribution in [3.63, 3.8) is 0 Å². The van der Waals surface area contributed by atoms with Crippen LogP contribution >= 0.6 is 0 Å². The summed E-state index contributed by atoms with van der Waals surface area (Å²) in [7, 11) is 5.45. The van der Waals surface area contributed by atoms with Crippen LogP contribution in [0.15, 0.2) is 4.99 Å². The summed E-state index contributed by atoms with van der Waals surface area (Å²) in [6, 6.07) is 0. The molecule has 0 aromatic rings. The minimum atomic E-state index is 1.69. The van der Waals surface area contributed by atoms with Gasteiger partial charge >= 0.3 is 0 Å². The molecule has 0 heterocycles. The first kappa shape index (κ1) is 6.43. The molecule has 0 aromatic heterocycles. The van der Waals surface area contributed by atoms with E-state index in [1.165, 1.54) is 0 Å². The highest BCUT2D eigenvalue weighted by atomic mass is 15.5. The van der Waals surface area contributed by atoms with Gasteiger partial charge in [-0.1, -0.05) is 0 Å². The number of nitrogens with one attached hydrogen (secondary N) is 1. The molecule has 0 atom stereocenters. The zero-order chi connectivity index (χ0) is 5.70. The van der Waals surface area contributed by atoms with Crippen LogP contribution in [0.2, 0.25) is 0 Å². The molecule has 3 nitrogen and oxygen atoms in total. The number of hydrazine groups is 1. The third-order valence-electron chi connectivity index (χ3n) is 0.641. The van der Waals surface area contributed by atoms with E-state index in [4.69, 9.17) is 0 Å². The van der Waals surface area contributed by atoms with E-state index in [0.29, 0.717) is 0 Å². The first-order valence-electron chi connectivity index (χ1n) is 2.13. The molecule has 1 N–H and O–H groups in total. The van der Waals surface area contributed by atoms with Crippen LogP contribution in [0.1, 0.15) is 0 Å². The molecule has 7 heavy (non-hydrogen) atoms. The summed E-state index contributed by atoms with van der Waals surface area (Å²) < 4.78 is 0. The third-order valence-corrected chi connectivity index (χ3v) is 0.641. The van der Waals surface area contributed by atoms with Crippen molar-refractivity contribution in [2.45, 2.75) is 0 Å². The van der Waals surface area contributed by atoms with Crippen LogP contribution in [-0.2, 0) is 0 Å². The lowest BCUT2D eigenvalue weighted by atomic mass is 11.0. The second-order valence-corrected chi connectivity index (χ2v) is 1.21. The largest absolute Gasteiger partial charge is 0.302 e. The topological polar surface area (TPSA) is 27.6 Å². The van der Waals surface area contributed by atoms with Crippen LogP contribution in [0.5, 0.6) is 0 Å². The summed E-state index contributed by atoms with van der Waals surface area (Å²) in [5, 5.41) is 1.76. The average Bonchev–Trinajstić information content (AvgIpc) is 1.68. The number of aliphatic imine (C=N–C) groups is 1. The molecule has 0 saturated carbocycles. The van der Waals surface area contributed by atoms with Crippen molar-refractivity contribution in [3.8, 4) is 0 Å². The molecule has 0 amide bonds. The van der Waals surface area contributed by atoms with Gasteiger partial charge in [-0.3, -0.25) is 4.99 Å². The fourth-order valence-electron chi connectivity index (χ4n) is 0.231. The number of hydrogen-bond donors (Lipinski definition) is 1. The molecule has 0 radical (unpaired) electrons. The Hall–Kier alpha value is -0.570. The predicted molar refractivity (Wildman–Crippen MR) is 31.2 cm³/mol. The Morgan fingerprint density at radius 1 is 1.71 bits per heavy atom. The normalized spacial score (nSPS) is 10.1. The van der Waals surface area contributed by atoms with E-state index in [1.54, 1.807) is 18.4 Å². The van der Waals surface area contributed by atoms with Gasteiger partial charge in [-0.15, -0.1) is 0 Å². The Bertz CT molecular complexity index is 60.0. The van der Waals surface area contributed by atoms with E-state index in [1.807, 2.05) is 14.1 Å². The maximum atomic E-state index is 3.74. The van der Waals surface area contributed by atoms with Gasteiger partial charge in [0.2, 0.25) is 0 Å². The molecule has 0 fully saturated rings. The zero-order valence-electron chi connectivity index (χ0n) is 4.97. The molecule has 42 valence electrons. The summed E-state index contributed by atoms with van der Waals surface area (Å²) in [5.74, 6) is 0. The SMILES string of the molecule is C/N=C\N(C)NC. The third kappa shape index (κ3) is 3.26. The molecule has 0 spiro atoms. The first-order chi connectivity index (χ1) is 3.31. The Kier molecular flexibility index (Phi) is 3.32. The minimum absolute atomic E-state index is 1.69. The van der Waals surface area contributed by atoms with Gasteiger partial charge in [-0.25, -0.2) is 5.43 Å². The molecule has 0 unspecified atom stereocenters. The van der Waals surface area contributed by atoms with Crippen LogP contribution in [0.3, 0.4) is 0 Å². The lowest BCUT2D eigenvalue weighted by Crippen LogP contribution is -2.28. The van der Waals surface area contributed by atoms with Crippen molar-refractivity contribution in [2.24, 2.45) is 4.99 Å². The fourth-order valence-corrected chi connectivity index (χ4v) is 0.231. The highest BCUT2D eigenvalue weighted by Crippen LogP contribution is 1.59. The summed E-state index contributed by atoms with van der Waals surface area (Å²) in [6.07, 6.45) is 1.69. The Morgan fingerprint density at radius 3 is 2.43 bits per heavy atom. The van der Waals surface area contributed by atoms with Crippen LogP contribution in [0.4, 0.5) is 0 Å².